The zero-order chi connectivity index (χ0) is 13.0. The molecule has 0 saturated carbocycles. The molecule has 96 valence electrons. The summed E-state index contributed by atoms with van der Waals surface area (Å²) in [5.74, 6) is 0. The van der Waals surface area contributed by atoms with Gasteiger partial charge in [0.2, 0.25) is 0 Å². The lowest BCUT2D eigenvalue weighted by Gasteiger charge is -2.12. The topological polar surface area (TPSA) is 29.9 Å². The predicted octanol–water partition coefficient (Wildman–Crippen LogP) is 3.06. The van der Waals surface area contributed by atoms with Gasteiger partial charge in [-0.3, -0.25) is 0 Å². The second-order valence-corrected chi connectivity index (χ2v) is 4.98. The number of aromatic nitrogens is 2. The summed E-state index contributed by atoms with van der Waals surface area (Å²) in [6.07, 6.45) is 3.83. The number of nitrogens with one attached hydrogen (secondary N) is 1. The van der Waals surface area contributed by atoms with Crippen LogP contribution in [0.5, 0.6) is 0 Å². The number of hydrogen-bond donors (Lipinski definition) is 1. The quantitative estimate of drug-likeness (QED) is 0.874. The zero-order valence-electron chi connectivity index (χ0n) is 11.4. The highest BCUT2D eigenvalue weighted by molar-refractivity contribution is 5.22. The van der Waals surface area contributed by atoms with Crippen molar-refractivity contribution in [2.75, 3.05) is 0 Å². The maximum Gasteiger partial charge on any atom is 0.0951 e. The smallest absolute Gasteiger partial charge is 0.0951 e. The standard InChI is InChI=1S/C15H21N3/c1-12(2)18-11-17-10-15(18)9-16-8-14-6-4-5-13(3)7-14/h4-7,10-12,16H,8-9H2,1-3H3. The second kappa shape index (κ2) is 5.83. The van der Waals surface area contributed by atoms with E-state index < -0.39 is 0 Å². The van der Waals surface area contributed by atoms with Gasteiger partial charge in [-0.05, 0) is 26.3 Å². The maximum atomic E-state index is 4.21. The molecule has 0 aliphatic carbocycles. The van der Waals surface area contributed by atoms with E-state index in [9.17, 15) is 0 Å². The van der Waals surface area contributed by atoms with Gasteiger partial charge in [-0.1, -0.05) is 29.8 Å². The highest BCUT2D eigenvalue weighted by Gasteiger charge is 2.04. The minimum atomic E-state index is 0.461. The van der Waals surface area contributed by atoms with Crippen molar-refractivity contribution < 1.29 is 0 Å². The Morgan fingerprint density at radius 2 is 2.11 bits per heavy atom. The highest BCUT2D eigenvalue weighted by atomic mass is 15.1. The number of imidazole rings is 1. The van der Waals surface area contributed by atoms with Crippen LogP contribution in [-0.4, -0.2) is 9.55 Å². The van der Waals surface area contributed by atoms with E-state index >= 15 is 0 Å². The zero-order valence-corrected chi connectivity index (χ0v) is 11.4. The Balaban J connectivity index is 1.90. The molecule has 0 aliphatic heterocycles. The van der Waals surface area contributed by atoms with E-state index in [0.717, 1.165) is 13.1 Å². The summed E-state index contributed by atoms with van der Waals surface area (Å²) < 4.78 is 2.20. The van der Waals surface area contributed by atoms with Crippen LogP contribution in [0.15, 0.2) is 36.8 Å². The maximum absolute atomic E-state index is 4.21. The van der Waals surface area contributed by atoms with Crippen LogP contribution < -0.4 is 5.32 Å². The third-order valence-corrected chi connectivity index (χ3v) is 3.02. The first-order chi connectivity index (χ1) is 8.66. The Bertz CT molecular complexity index is 500. The van der Waals surface area contributed by atoms with Crippen molar-refractivity contribution in [3.63, 3.8) is 0 Å². The predicted molar refractivity (Wildman–Crippen MR) is 74.3 cm³/mol. The minimum Gasteiger partial charge on any atom is -0.331 e. The van der Waals surface area contributed by atoms with Gasteiger partial charge in [-0.25, -0.2) is 4.98 Å². The number of nitrogens with zero attached hydrogens (tertiary/aromatic N) is 2. The van der Waals surface area contributed by atoms with E-state index in [2.05, 4.69) is 59.9 Å². The normalized spacial score (nSPS) is 11.1. The Labute approximate surface area is 109 Å². The first-order valence-electron chi connectivity index (χ1n) is 6.44. The molecule has 0 unspecified atom stereocenters. The first-order valence-corrected chi connectivity index (χ1v) is 6.44. The van der Waals surface area contributed by atoms with Crippen LogP contribution in [0.25, 0.3) is 0 Å². The molecular formula is C15H21N3. The molecule has 3 heteroatoms. The fourth-order valence-corrected chi connectivity index (χ4v) is 2.09. The van der Waals surface area contributed by atoms with Gasteiger partial charge in [-0.15, -0.1) is 0 Å². The van der Waals surface area contributed by atoms with Gasteiger partial charge in [0.1, 0.15) is 0 Å². The molecule has 1 heterocycles. The summed E-state index contributed by atoms with van der Waals surface area (Å²) in [7, 11) is 0. The Morgan fingerprint density at radius 3 is 2.83 bits per heavy atom. The van der Waals surface area contributed by atoms with Gasteiger partial charge in [0.05, 0.1) is 12.0 Å². The Morgan fingerprint density at radius 1 is 1.28 bits per heavy atom. The van der Waals surface area contributed by atoms with Crippen molar-refractivity contribution >= 4 is 0 Å². The van der Waals surface area contributed by atoms with Crippen LogP contribution in [0.4, 0.5) is 0 Å². The molecule has 0 spiro atoms. The van der Waals surface area contributed by atoms with Gasteiger partial charge in [0.15, 0.2) is 0 Å². The van der Waals surface area contributed by atoms with Crippen molar-refractivity contribution in [3.05, 3.63) is 53.6 Å². The molecule has 0 atom stereocenters. The van der Waals surface area contributed by atoms with E-state index in [4.69, 9.17) is 0 Å². The molecule has 18 heavy (non-hydrogen) atoms. The van der Waals surface area contributed by atoms with Gasteiger partial charge < -0.3 is 9.88 Å². The largest absolute Gasteiger partial charge is 0.331 e. The molecule has 1 aromatic carbocycles. The van der Waals surface area contributed by atoms with Crippen LogP contribution in [0, 0.1) is 6.92 Å². The summed E-state index contributed by atoms with van der Waals surface area (Å²) >= 11 is 0. The summed E-state index contributed by atoms with van der Waals surface area (Å²) in [5, 5.41) is 3.47. The molecule has 0 amide bonds. The minimum absolute atomic E-state index is 0.461. The van der Waals surface area contributed by atoms with E-state index in [1.807, 2.05) is 12.5 Å². The molecule has 0 fully saturated rings. The summed E-state index contributed by atoms with van der Waals surface area (Å²) in [6.45, 7) is 8.21. The lowest BCUT2D eigenvalue weighted by molar-refractivity contribution is 0.550. The molecule has 2 rings (SSSR count). The monoisotopic (exact) mass is 243 g/mol. The van der Waals surface area contributed by atoms with Gasteiger partial charge in [0.25, 0.3) is 0 Å². The number of hydrogen-bond acceptors (Lipinski definition) is 2. The molecule has 0 saturated heterocycles. The lowest BCUT2D eigenvalue weighted by Crippen LogP contribution is -2.16. The molecule has 2 aromatic rings. The SMILES string of the molecule is Cc1cccc(CNCc2cncn2C(C)C)c1. The Hall–Kier alpha value is -1.61. The van der Waals surface area contributed by atoms with E-state index in [1.165, 1.54) is 16.8 Å². The van der Waals surface area contributed by atoms with E-state index in [1.54, 1.807) is 0 Å². The third kappa shape index (κ3) is 3.20. The van der Waals surface area contributed by atoms with Crippen LogP contribution in [0.2, 0.25) is 0 Å². The summed E-state index contributed by atoms with van der Waals surface area (Å²) in [4.78, 5) is 4.21. The number of benzene rings is 1. The second-order valence-electron chi connectivity index (χ2n) is 4.98. The van der Waals surface area contributed by atoms with Crippen LogP contribution >= 0.6 is 0 Å². The van der Waals surface area contributed by atoms with Crippen LogP contribution in [0.3, 0.4) is 0 Å². The molecule has 1 aromatic heterocycles. The van der Waals surface area contributed by atoms with Crippen molar-refractivity contribution in [2.24, 2.45) is 0 Å². The van der Waals surface area contributed by atoms with Crippen molar-refractivity contribution in [3.8, 4) is 0 Å². The van der Waals surface area contributed by atoms with E-state index in [-0.39, 0.29) is 0 Å². The fourth-order valence-electron chi connectivity index (χ4n) is 2.09. The van der Waals surface area contributed by atoms with Crippen LogP contribution in [0.1, 0.15) is 36.7 Å². The average molecular weight is 243 g/mol. The highest BCUT2D eigenvalue weighted by Crippen LogP contribution is 2.09. The summed E-state index contributed by atoms with van der Waals surface area (Å²) in [6, 6.07) is 9.05. The third-order valence-electron chi connectivity index (χ3n) is 3.02. The lowest BCUT2D eigenvalue weighted by atomic mass is 10.1. The van der Waals surface area contributed by atoms with Gasteiger partial charge in [-0.2, -0.15) is 0 Å². The van der Waals surface area contributed by atoms with Crippen molar-refractivity contribution in [2.45, 2.75) is 39.9 Å². The molecular weight excluding hydrogens is 222 g/mol. The Kier molecular flexibility index (Phi) is 4.15. The fraction of sp³-hybridized carbons (Fsp3) is 0.400. The average Bonchev–Trinajstić information content (AvgIpc) is 2.77. The van der Waals surface area contributed by atoms with Crippen LogP contribution in [-0.2, 0) is 13.1 Å². The van der Waals surface area contributed by atoms with Crippen molar-refractivity contribution in [1.82, 2.24) is 14.9 Å². The number of aryl methyl sites for hydroxylation is 1. The molecule has 0 aliphatic rings. The number of rotatable bonds is 5. The molecule has 3 nitrogen and oxygen atoms in total. The van der Waals surface area contributed by atoms with Gasteiger partial charge in [0, 0.05) is 25.3 Å². The van der Waals surface area contributed by atoms with Gasteiger partial charge >= 0.3 is 0 Å². The summed E-state index contributed by atoms with van der Waals surface area (Å²) in [5.41, 5.74) is 3.87. The van der Waals surface area contributed by atoms with E-state index in [0.29, 0.717) is 6.04 Å². The molecule has 0 bridgehead atoms. The molecule has 0 radical (unpaired) electrons. The molecule has 1 N–H and O–H groups in total. The first kappa shape index (κ1) is 12.8. The van der Waals surface area contributed by atoms with Crippen molar-refractivity contribution in [1.29, 1.82) is 0 Å².